The number of amides is 1. The van der Waals surface area contributed by atoms with Gasteiger partial charge >= 0.3 is 0 Å². The summed E-state index contributed by atoms with van der Waals surface area (Å²) in [7, 11) is -3.09. The molecule has 2 aliphatic heterocycles. The van der Waals surface area contributed by atoms with Crippen molar-refractivity contribution in [3.63, 3.8) is 0 Å². The van der Waals surface area contributed by atoms with E-state index in [1.54, 1.807) is 9.58 Å². The van der Waals surface area contributed by atoms with Crippen LogP contribution in [-0.4, -0.2) is 82.3 Å². The summed E-state index contributed by atoms with van der Waals surface area (Å²) in [6, 6.07) is 7.34. The van der Waals surface area contributed by atoms with Crippen LogP contribution in [0.5, 0.6) is 0 Å². The number of para-hydroxylation sites is 1. The minimum Gasteiger partial charge on any atom is -0.336 e. The Morgan fingerprint density at radius 1 is 1.19 bits per heavy atom. The zero-order valence-electron chi connectivity index (χ0n) is 14.8. The quantitative estimate of drug-likeness (QED) is 0.754. The van der Waals surface area contributed by atoms with Gasteiger partial charge in [0, 0.05) is 25.6 Å². The van der Waals surface area contributed by atoms with Gasteiger partial charge in [0.2, 0.25) is 5.91 Å². The van der Waals surface area contributed by atoms with Gasteiger partial charge in [-0.25, -0.2) is 13.1 Å². The number of likely N-dealkylation sites (N-methyl/N-ethyl adjacent to an activating group) is 1. The fourth-order valence-corrected chi connectivity index (χ4v) is 6.17. The standard InChI is InChI=1S/C17H23N5O3S/c1-2-20-9-10-21(16-12-26(24,25)11-15(16)20)17(23)7-8-22-14-6-4-3-5-13(14)18-19-22/h3-6,15-16H,2,7-12H2,1H3/t15-,16+/m0/s1. The summed E-state index contributed by atoms with van der Waals surface area (Å²) in [4.78, 5) is 16.8. The molecule has 0 bridgehead atoms. The summed E-state index contributed by atoms with van der Waals surface area (Å²) in [6.45, 7) is 4.60. The van der Waals surface area contributed by atoms with E-state index in [-0.39, 0.29) is 29.5 Å². The van der Waals surface area contributed by atoms with Gasteiger partial charge in [-0.2, -0.15) is 0 Å². The van der Waals surface area contributed by atoms with Gasteiger partial charge in [0.25, 0.3) is 0 Å². The van der Waals surface area contributed by atoms with E-state index in [2.05, 4.69) is 15.2 Å². The van der Waals surface area contributed by atoms with Crippen LogP contribution >= 0.6 is 0 Å². The number of benzene rings is 1. The summed E-state index contributed by atoms with van der Waals surface area (Å²) in [5.41, 5.74) is 1.70. The fourth-order valence-electron chi connectivity index (χ4n) is 4.15. The second kappa shape index (κ2) is 6.62. The van der Waals surface area contributed by atoms with Crippen LogP contribution in [0.25, 0.3) is 11.0 Å². The average Bonchev–Trinajstić information content (AvgIpc) is 3.18. The lowest BCUT2D eigenvalue weighted by molar-refractivity contribution is -0.137. The topological polar surface area (TPSA) is 88.4 Å². The van der Waals surface area contributed by atoms with Crippen molar-refractivity contribution >= 4 is 26.8 Å². The van der Waals surface area contributed by atoms with Crippen molar-refractivity contribution in [2.75, 3.05) is 31.1 Å². The van der Waals surface area contributed by atoms with Gasteiger partial charge in [-0.15, -0.1) is 5.10 Å². The number of aromatic nitrogens is 3. The molecule has 3 heterocycles. The minimum atomic E-state index is -3.09. The first kappa shape index (κ1) is 17.4. The molecule has 0 aliphatic carbocycles. The van der Waals surface area contributed by atoms with Crippen LogP contribution < -0.4 is 0 Å². The van der Waals surface area contributed by atoms with Gasteiger partial charge in [0.1, 0.15) is 5.52 Å². The Hall–Kier alpha value is -2.00. The molecule has 0 saturated carbocycles. The lowest BCUT2D eigenvalue weighted by Gasteiger charge is -2.43. The Kier molecular flexibility index (Phi) is 4.44. The first-order valence-corrected chi connectivity index (χ1v) is 10.8. The van der Waals surface area contributed by atoms with Crippen LogP contribution in [0.4, 0.5) is 0 Å². The maximum Gasteiger partial charge on any atom is 0.224 e. The van der Waals surface area contributed by atoms with Crippen LogP contribution in [0.2, 0.25) is 0 Å². The molecule has 0 N–H and O–H groups in total. The number of rotatable bonds is 4. The molecular weight excluding hydrogens is 354 g/mol. The summed E-state index contributed by atoms with van der Waals surface area (Å²) < 4.78 is 26.0. The monoisotopic (exact) mass is 377 g/mol. The Morgan fingerprint density at radius 3 is 2.77 bits per heavy atom. The highest BCUT2D eigenvalue weighted by Gasteiger charge is 2.47. The van der Waals surface area contributed by atoms with Gasteiger partial charge < -0.3 is 4.90 Å². The molecule has 2 fully saturated rings. The maximum absolute atomic E-state index is 12.8. The van der Waals surface area contributed by atoms with E-state index in [9.17, 15) is 13.2 Å². The predicted octanol–water partition coefficient (Wildman–Crippen LogP) is 0.151. The molecule has 4 rings (SSSR count). The molecule has 8 nitrogen and oxygen atoms in total. The third-order valence-corrected chi connectivity index (χ3v) is 7.17. The highest BCUT2D eigenvalue weighted by Crippen LogP contribution is 2.27. The third-order valence-electron chi connectivity index (χ3n) is 5.48. The van der Waals surface area contributed by atoms with E-state index in [1.807, 2.05) is 31.2 Å². The molecule has 2 atom stereocenters. The lowest BCUT2D eigenvalue weighted by atomic mass is 10.0. The van der Waals surface area contributed by atoms with Crippen LogP contribution in [0.15, 0.2) is 24.3 Å². The van der Waals surface area contributed by atoms with E-state index >= 15 is 0 Å². The molecule has 2 saturated heterocycles. The summed E-state index contributed by atoms with van der Waals surface area (Å²) in [6.07, 6.45) is 0.294. The molecule has 1 aromatic carbocycles. The van der Waals surface area contributed by atoms with Crippen molar-refractivity contribution in [2.24, 2.45) is 0 Å². The fraction of sp³-hybridized carbons (Fsp3) is 0.588. The SMILES string of the molecule is CCN1CCN(C(=O)CCn2nnc3ccccc32)[C@@H]2CS(=O)(=O)C[C@@H]21. The Morgan fingerprint density at radius 2 is 1.96 bits per heavy atom. The molecule has 9 heteroatoms. The van der Waals surface area contributed by atoms with Crippen molar-refractivity contribution in [1.29, 1.82) is 0 Å². The lowest BCUT2D eigenvalue weighted by Crippen LogP contribution is -2.60. The Balaban J connectivity index is 1.47. The smallest absolute Gasteiger partial charge is 0.224 e. The van der Waals surface area contributed by atoms with Gasteiger partial charge in [-0.1, -0.05) is 24.3 Å². The summed E-state index contributed by atoms with van der Waals surface area (Å²) in [5.74, 6) is 0.224. The molecule has 2 aliphatic rings. The van der Waals surface area contributed by atoms with E-state index in [4.69, 9.17) is 0 Å². The molecule has 0 radical (unpaired) electrons. The zero-order valence-corrected chi connectivity index (χ0v) is 15.6. The second-order valence-electron chi connectivity index (χ2n) is 6.98. The van der Waals surface area contributed by atoms with Gasteiger partial charge in [-0.05, 0) is 18.7 Å². The van der Waals surface area contributed by atoms with E-state index in [0.717, 1.165) is 24.1 Å². The van der Waals surface area contributed by atoms with E-state index in [1.165, 1.54) is 0 Å². The number of aryl methyl sites for hydroxylation is 1. The van der Waals surface area contributed by atoms with Crippen molar-refractivity contribution < 1.29 is 13.2 Å². The third kappa shape index (κ3) is 3.09. The van der Waals surface area contributed by atoms with Crippen LogP contribution in [0, 0.1) is 0 Å². The summed E-state index contributed by atoms with van der Waals surface area (Å²) >= 11 is 0. The number of nitrogens with zero attached hydrogens (tertiary/aromatic N) is 5. The second-order valence-corrected chi connectivity index (χ2v) is 9.13. The van der Waals surface area contributed by atoms with Crippen molar-refractivity contribution in [1.82, 2.24) is 24.8 Å². The van der Waals surface area contributed by atoms with Gasteiger partial charge in [-0.3, -0.25) is 9.69 Å². The van der Waals surface area contributed by atoms with Gasteiger partial charge in [0.05, 0.1) is 29.6 Å². The van der Waals surface area contributed by atoms with Gasteiger partial charge in [0.15, 0.2) is 9.84 Å². The van der Waals surface area contributed by atoms with Crippen LogP contribution in [0.1, 0.15) is 13.3 Å². The maximum atomic E-state index is 12.8. The largest absolute Gasteiger partial charge is 0.336 e. The van der Waals surface area contributed by atoms with Crippen molar-refractivity contribution in [2.45, 2.75) is 32.0 Å². The Bertz CT molecular complexity index is 925. The number of carbonyl (C=O) groups is 1. The van der Waals surface area contributed by atoms with Crippen molar-refractivity contribution in [3.8, 4) is 0 Å². The predicted molar refractivity (Wildman–Crippen MR) is 97.3 cm³/mol. The molecule has 1 amide bonds. The first-order valence-electron chi connectivity index (χ1n) is 9.00. The number of piperazine rings is 1. The number of hydrogen-bond donors (Lipinski definition) is 0. The molecule has 1 aromatic heterocycles. The molecule has 140 valence electrons. The Labute approximate surface area is 152 Å². The first-order chi connectivity index (χ1) is 12.5. The zero-order chi connectivity index (χ0) is 18.3. The molecule has 0 spiro atoms. The highest BCUT2D eigenvalue weighted by atomic mass is 32.2. The van der Waals surface area contributed by atoms with E-state index in [0.29, 0.717) is 19.5 Å². The molecule has 2 aromatic rings. The minimum absolute atomic E-state index is 0.00701. The number of hydrogen-bond acceptors (Lipinski definition) is 6. The number of sulfone groups is 1. The normalized spacial score (nSPS) is 25.5. The molecular formula is C17H23N5O3S. The number of fused-ring (bicyclic) bond motifs is 2. The highest BCUT2D eigenvalue weighted by molar-refractivity contribution is 7.91. The summed E-state index contributed by atoms with van der Waals surface area (Å²) in [5, 5.41) is 8.22. The average molecular weight is 377 g/mol. The van der Waals surface area contributed by atoms with E-state index < -0.39 is 9.84 Å². The van der Waals surface area contributed by atoms with Crippen molar-refractivity contribution in [3.05, 3.63) is 24.3 Å². The number of carbonyl (C=O) groups excluding carboxylic acids is 1. The van der Waals surface area contributed by atoms with Crippen LogP contribution in [0.3, 0.4) is 0 Å². The van der Waals surface area contributed by atoms with Crippen LogP contribution in [-0.2, 0) is 21.2 Å². The molecule has 0 unspecified atom stereocenters. The molecule has 26 heavy (non-hydrogen) atoms.